The van der Waals surface area contributed by atoms with Crippen LogP contribution in [0.5, 0.6) is 0 Å². The normalized spacial score (nSPS) is 10.7. The highest BCUT2D eigenvalue weighted by atomic mass is 35.5. The average Bonchev–Trinajstić information content (AvgIpc) is 3.00. The van der Waals surface area contributed by atoms with E-state index in [1.165, 1.54) is 5.56 Å². The van der Waals surface area contributed by atoms with Crippen LogP contribution in [0.3, 0.4) is 0 Å². The summed E-state index contributed by atoms with van der Waals surface area (Å²) in [5.41, 5.74) is 3.43. The average molecular weight is 302 g/mol. The monoisotopic (exact) mass is 301 g/mol. The highest BCUT2D eigenvalue weighted by Gasteiger charge is 2.03. The Morgan fingerprint density at radius 2 is 1.85 bits per heavy atom. The zero-order chi connectivity index (χ0) is 13.8. The van der Waals surface area contributed by atoms with E-state index in [9.17, 15) is 0 Å². The van der Waals surface area contributed by atoms with Gasteiger partial charge in [0.1, 0.15) is 5.03 Å². The van der Waals surface area contributed by atoms with E-state index in [-0.39, 0.29) is 0 Å². The molecule has 0 spiro atoms. The molecular weight excluding hydrogens is 290 g/mol. The molecule has 100 valence electrons. The first-order valence-corrected chi connectivity index (χ1v) is 7.52. The van der Waals surface area contributed by atoms with Gasteiger partial charge in [0.2, 0.25) is 0 Å². The van der Waals surface area contributed by atoms with Crippen LogP contribution in [0.2, 0.25) is 5.02 Å². The Morgan fingerprint density at radius 1 is 1.05 bits per heavy atom. The fraction of sp³-hybridized carbons (Fsp3) is 0.0667. The summed E-state index contributed by atoms with van der Waals surface area (Å²) in [6, 6.07) is 16.3. The second kappa shape index (κ2) is 6.11. The van der Waals surface area contributed by atoms with Gasteiger partial charge < -0.3 is 0 Å². The number of nitrogens with zero attached hydrogens (tertiary/aromatic N) is 2. The third-order valence-corrected chi connectivity index (χ3v) is 4.22. The molecule has 1 heterocycles. The maximum atomic E-state index is 6.20. The van der Waals surface area contributed by atoms with Crippen molar-refractivity contribution in [3.8, 4) is 11.1 Å². The van der Waals surface area contributed by atoms with E-state index in [1.54, 1.807) is 18.0 Å². The topological polar surface area (TPSA) is 41.6 Å². The van der Waals surface area contributed by atoms with Crippen molar-refractivity contribution < 1.29 is 0 Å². The highest BCUT2D eigenvalue weighted by molar-refractivity contribution is 7.98. The van der Waals surface area contributed by atoms with Crippen LogP contribution in [-0.4, -0.2) is 15.4 Å². The van der Waals surface area contributed by atoms with Gasteiger partial charge in [-0.2, -0.15) is 10.3 Å². The first-order chi connectivity index (χ1) is 9.83. The number of halogens is 1. The third kappa shape index (κ3) is 3.03. The molecule has 0 amide bonds. The lowest BCUT2D eigenvalue weighted by atomic mass is 10.0. The summed E-state index contributed by atoms with van der Waals surface area (Å²) in [6.45, 7) is 0. The lowest BCUT2D eigenvalue weighted by Crippen LogP contribution is -1.83. The number of rotatable bonds is 4. The van der Waals surface area contributed by atoms with Crippen molar-refractivity contribution >= 4 is 23.4 Å². The molecule has 1 N–H and O–H groups in total. The summed E-state index contributed by atoms with van der Waals surface area (Å²) in [6.07, 6.45) is 1.72. The van der Waals surface area contributed by atoms with Crippen molar-refractivity contribution in [2.75, 3.05) is 0 Å². The van der Waals surface area contributed by atoms with Gasteiger partial charge >= 0.3 is 0 Å². The van der Waals surface area contributed by atoms with Gasteiger partial charge in [0.15, 0.2) is 0 Å². The zero-order valence-electron chi connectivity index (χ0n) is 10.6. The highest BCUT2D eigenvalue weighted by Crippen LogP contribution is 2.28. The van der Waals surface area contributed by atoms with Gasteiger partial charge in [-0.3, -0.25) is 0 Å². The molecule has 0 bridgehead atoms. The maximum absolute atomic E-state index is 6.20. The van der Waals surface area contributed by atoms with Crippen LogP contribution in [0.1, 0.15) is 5.56 Å². The first kappa shape index (κ1) is 13.2. The van der Waals surface area contributed by atoms with Crippen molar-refractivity contribution in [3.63, 3.8) is 0 Å². The van der Waals surface area contributed by atoms with E-state index in [2.05, 4.69) is 39.7 Å². The fourth-order valence-electron chi connectivity index (χ4n) is 1.89. The van der Waals surface area contributed by atoms with E-state index in [0.717, 1.165) is 26.9 Å². The number of nitrogens with one attached hydrogen (secondary N) is 1. The molecule has 0 atom stereocenters. The minimum atomic E-state index is 0.775. The molecule has 2 aromatic carbocycles. The number of hydrogen-bond acceptors (Lipinski definition) is 3. The molecule has 3 rings (SSSR count). The summed E-state index contributed by atoms with van der Waals surface area (Å²) in [5.74, 6) is 0.870. The van der Waals surface area contributed by atoms with E-state index < -0.39 is 0 Å². The Labute approximate surface area is 126 Å². The van der Waals surface area contributed by atoms with Gasteiger partial charge in [-0.25, -0.2) is 0 Å². The van der Waals surface area contributed by atoms with Gasteiger partial charge in [-0.05, 0) is 17.2 Å². The van der Waals surface area contributed by atoms with Crippen molar-refractivity contribution in [1.82, 2.24) is 15.4 Å². The molecule has 0 aliphatic heterocycles. The maximum Gasteiger partial charge on any atom is 0.139 e. The molecule has 0 unspecified atom stereocenters. The van der Waals surface area contributed by atoms with Crippen LogP contribution in [0.4, 0.5) is 0 Å². The van der Waals surface area contributed by atoms with Crippen LogP contribution >= 0.6 is 23.4 Å². The zero-order valence-corrected chi connectivity index (χ0v) is 12.2. The molecule has 0 saturated heterocycles. The Kier molecular flexibility index (Phi) is 4.04. The van der Waals surface area contributed by atoms with Crippen molar-refractivity contribution in [1.29, 1.82) is 0 Å². The lowest BCUT2D eigenvalue weighted by molar-refractivity contribution is 0.911. The summed E-state index contributed by atoms with van der Waals surface area (Å²) in [4.78, 5) is 0. The summed E-state index contributed by atoms with van der Waals surface area (Å²) < 4.78 is 0. The molecule has 0 saturated carbocycles. The molecule has 0 fully saturated rings. The minimum Gasteiger partial charge on any atom is -0.197 e. The van der Waals surface area contributed by atoms with Crippen molar-refractivity contribution in [2.24, 2.45) is 0 Å². The largest absolute Gasteiger partial charge is 0.197 e. The number of aromatic amines is 1. The molecule has 0 radical (unpaired) electrons. The smallest absolute Gasteiger partial charge is 0.139 e. The van der Waals surface area contributed by atoms with Gasteiger partial charge in [-0.1, -0.05) is 65.8 Å². The molecule has 1 aromatic heterocycles. The Bertz CT molecular complexity index is 681. The standard InChI is InChI=1S/C15H12ClN3S/c16-14-4-2-1-3-13(14)12-7-5-11(6-8-12)10-20-15-9-17-19-18-15/h1-9H,10H2,(H,17,18,19). The number of aromatic nitrogens is 3. The van der Waals surface area contributed by atoms with Crippen LogP contribution in [-0.2, 0) is 5.75 Å². The minimum absolute atomic E-state index is 0.775. The van der Waals surface area contributed by atoms with Gasteiger partial charge in [0, 0.05) is 16.3 Å². The summed E-state index contributed by atoms with van der Waals surface area (Å²) in [7, 11) is 0. The Hall–Kier alpha value is -1.78. The predicted octanol–water partition coefficient (Wildman–Crippen LogP) is 4.42. The van der Waals surface area contributed by atoms with Crippen LogP contribution in [0, 0.1) is 0 Å². The SMILES string of the molecule is Clc1ccccc1-c1ccc(CSc2cn[nH]n2)cc1. The lowest BCUT2D eigenvalue weighted by Gasteiger charge is -2.05. The van der Waals surface area contributed by atoms with Gasteiger partial charge in [0.05, 0.1) is 6.20 Å². The second-order valence-electron chi connectivity index (χ2n) is 4.27. The van der Waals surface area contributed by atoms with Crippen molar-refractivity contribution in [3.05, 3.63) is 65.3 Å². The van der Waals surface area contributed by atoms with Gasteiger partial charge in [0.25, 0.3) is 0 Å². The quantitative estimate of drug-likeness (QED) is 0.725. The van der Waals surface area contributed by atoms with E-state index in [4.69, 9.17) is 11.6 Å². The summed E-state index contributed by atoms with van der Waals surface area (Å²) >= 11 is 7.86. The third-order valence-electron chi connectivity index (χ3n) is 2.92. The number of benzene rings is 2. The van der Waals surface area contributed by atoms with Gasteiger partial charge in [-0.15, -0.1) is 5.10 Å². The molecular formula is C15H12ClN3S. The van der Waals surface area contributed by atoms with Crippen LogP contribution < -0.4 is 0 Å². The van der Waals surface area contributed by atoms with E-state index >= 15 is 0 Å². The number of hydrogen-bond donors (Lipinski definition) is 1. The van der Waals surface area contributed by atoms with E-state index in [1.807, 2.05) is 24.3 Å². The molecule has 0 aliphatic rings. The van der Waals surface area contributed by atoms with E-state index in [0.29, 0.717) is 0 Å². The number of thioether (sulfide) groups is 1. The molecule has 3 nitrogen and oxygen atoms in total. The van der Waals surface area contributed by atoms with Crippen LogP contribution in [0.15, 0.2) is 59.8 Å². The first-order valence-electron chi connectivity index (χ1n) is 6.15. The van der Waals surface area contributed by atoms with Crippen LogP contribution in [0.25, 0.3) is 11.1 Å². The molecule has 20 heavy (non-hydrogen) atoms. The Morgan fingerprint density at radius 3 is 2.55 bits per heavy atom. The second-order valence-corrected chi connectivity index (χ2v) is 5.68. The fourth-order valence-corrected chi connectivity index (χ4v) is 2.88. The molecule has 5 heteroatoms. The molecule has 3 aromatic rings. The molecule has 0 aliphatic carbocycles. The Balaban J connectivity index is 1.73. The van der Waals surface area contributed by atoms with Crippen molar-refractivity contribution in [2.45, 2.75) is 10.8 Å². The number of H-pyrrole nitrogens is 1. The predicted molar refractivity (Wildman–Crippen MR) is 82.8 cm³/mol. The summed E-state index contributed by atoms with van der Waals surface area (Å²) in [5, 5.41) is 12.1.